The second-order valence-corrected chi connectivity index (χ2v) is 11.9. The average molecular weight is 534 g/mol. The van der Waals surface area contributed by atoms with Gasteiger partial charge in [-0.25, -0.2) is 8.42 Å². The highest BCUT2D eigenvalue weighted by Gasteiger charge is 2.33. The molecule has 3 rings (SSSR count). The molecule has 1 aliphatic carbocycles. The van der Waals surface area contributed by atoms with Crippen LogP contribution in [0.15, 0.2) is 53.4 Å². The van der Waals surface area contributed by atoms with Crippen LogP contribution in [0.2, 0.25) is 5.02 Å². The monoisotopic (exact) mass is 533 g/mol. The van der Waals surface area contributed by atoms with Crippen molar-refractivity contribution in [1.82, 2.24) is 14.5 Å². The van der Waals surface area contributed by atoms with E-state index < -0.39 is 22.0 Å². The van der Waals surface area contributed by atoms with Crippen molar-refractivity contribution in [2.45, 2.75) is 75.9 Å². The molecule has 1 N–H and O–H groups in total. The van der Waals surface area contributed by atoms with Gasteiger partial charge in [-0.15, -0.1) is 0 Å². The SMILES string of the molecule is CC[C@@H](C(=O)NC1CCCCC1)N(Cc1ccccc1C)C(=O)CN(C)S(=O)(=O)c1ccc(Cl)cc1. The van der Waals surface area contributed by atoms with Crippen LogP contribution >= 0.6 is 11.6 Å². The molecule has 0 aliphatic heterocycles. The van der Waals surface area contributed by atoms with E-state index in [1.165, 1.54) is 42.6 Å². The molecule has 0 saturated heterocycles. The third kappa shape index (κ3) is 7.08. The van der Waals surface area contributed by atoms with Gasteiger partial charge in [0.15, 0.2) is 0 Å². The fourth-order valence-corrected chi connectivity index (χ4v) is 5.83. The quantitative estimate of drug-likeness (QED) is 0.486. The van der Waals surface area contributed by atoms with Crippen LogP contribution in [-0.4, -0.2) is 55.1 Å². The molecule has 196 valence electrons. The van der Waals surface area contributed by atoms with E-state index in [4.69, 9.17) is 11.6 Å². The summed E-state index contributed by atoms with van der Waals surface area (Å²) in [7, 11) is -2.54. The Morgan fingerprint density at radius 2 is 1.69 bits per heavy atom. The molecule has 1 atom stereocenters. The summed E-state index contributed by atoms with van der Waals surface area (Å²) in [4.78, 5) is 28.5. The van der Waals surface area contributed by atoms with E-state index in [1.54, 1.807) is 0 Å². The maximum absolute atomic E-state index is 13.6. The number of aryl methyl sites for hydroxylation is 1. The summed E-state index contributed by atoms with van der Waals surface area (Å²) in [6.07, 6.45) is 5.65. The number of carbonyl (C=O) groups excluding carboxylic acids is 2. The minimum absolute atomic E-state index is 0.0507. The topological polar surface area (TPSA) is 86.8 Å². The Bertz CT molecular complexity index is 1150. The molecule has 0 radical (unpaired) electrons. The minimum Gasteiger partial charge on any atom is -0.352 e. The highest BCUT2D eigenvalue weighted by atomic mass is 35.5. The van der Waals surface area contributed by atoms with Crippen LogP contribution in [0.4, 0.5) is 0 Å². The molecule has 0 aromatic heterocycles. The molecule has 0 heterocycles. The summed E-state index contributed by atoms with van der Waals surface area (Å²) in [6, 6.07) is 12.9. The zero-order valence-corrected chi connectivity index (χ0v) is 22.8. The van der Waals surface area contributed by atoms with Gasteiger partial charge in [0, 0.05) is 24.7 Å². The zero-order valence-electron chi connectivity index (χ0n) is 21.2. The molecule has 7 nitrogen and oxygen atoms in total. The van der Waals surface area contributed by atoms with E-state index in [-0.39, 0.29) is 29.9 Å². The molecule has 1 saturated carbocycles. The molecule has 2 amide bonds. The highest BCUT2D eigenvalue weighted by Crippen LogP contribution is 2.21. The summed E-state index contributed by atoms with van der Waals surface area (Å²) in [5.74, 6) is -0.613. The van der Waals surface area contributed by atoms with Crippen LogP contribution in [-0.2, 0) is 26.2 Å². The third-order valence-electron chi connectivity index (χ3n) is 6.82. The van der Waals surface area contributed by atoms with Gasteiger partial charge in [-0.3, -0.25) is 9.59 Å². The number of halogens is 1. The summed E-state index contributed by atoms with van der Waals surface area (Å²) in [6.45, 7) is 3.66. The average Bonchev–Trinajstić information content (AvgIpc) is 2.85. The van der Waals surface area contributed by atoms with E-state index in [9.17, 15) is 18.0 Å². The molecule has 1 fully saturated rings. The number of benzene rings is 2. The fourth-order valence-electron chi connectivity index (χ4n) is 4.59. The number of amides is 2. The summed E-state index contributed by atoms with van der Waals surface area (Å²) >= 11 is 5.90. The number of rotatable bonds is 10. The van der Waals surface area contributed by atoms with Gasteiger partial charge >= 0.3 is 0 Å². The molecule has 2 aromatic rings. The predicted octanol–water partition coefficient (Wildman–Crippen LogP) is 4.53. The number of carbonyl (C=O) groups is 2. The predicted molar refractivity (Wildman–Crippen MR) is 142 cm³/mol. The molecule has 1 aliphatic rings. The van der Waals surface area contributed by atoms with Crippen LogP contribution in [0.5, 0.6) is 0 Å². The van der Waals surface area contributed by atoms with Gasteiger partial charge in [0.2, 0.25) is 21.8 Å². The second kappa shape index (κ2) is 12.7. The van der Waals surface area contributed by atoms with Crippen LogP contribution in [0, 0.1) is 6.92 Å². The van der Waals surface area contributed by atoms with Crippen molar-refractivity contribution in [2.24, 2.45) is 0 Å². The normalized spacial score (nSPS) is 15.5. The molecular weight excluding hydrogens is 498 g/mol. The zero-order chi connectivity index (χ0) is 26.3. The van der Waals surface area contributed by atoms with Crippen molar-refractivity contribution >= 4 is 33.4 Å². The van der Waals surface area contributed by atoms with E-state index in [2.05, 4.69) is 5.32 Å². The molecule has 0 unspecified atom stereocenters. The molecule has 2 aromatic carbocycles. The number of nitrogens with one attached hydrogen (secondary N) is 1. The van der Waals surface area contributed by atoms with Crippen LogP contribution in [0.3, 0.4) is 0 Å². The Morgan fingerprint density at radius 3 is 2.31 bits per heavy atom. The van der Waals surface area contributed by atoms with Crippen molar-refractivity contribution in [1.29, 1.82) is 0 Å². The number of sulfonamides is 1. The Labute approximate surface area is 219 Å². The summed E-state index contributed by atoms with van der Waals surface area (Å²) < 4.78 is 27.2. The minimum atomic E-state index is -3.91. The fraction of sp³-hybridized carbons (Fsp3) is 0.481. The largest absolute Gasteiger partial charge is 0.352 e. The standard InChI is InChI=1S/C27H36ClN3O4S/c1-4-25(27(33)29-23-12-6-5-7-13-23)31(18-21-11-9-8-10-20(21)2)26(32)19-30(3)36(34,35)24-16-14-22(28)15-17-24/h8-11,14-17,23,25H,4-7,12-13,18-19H2,1-3H3,(H,29,33)/t25-/m0/s1. The third-order valence-corrected chi connectivity index (χ3v) is 8.89. The lowest BCUT2D eigenvalue weighted by Gasteiger charge is -2.34. The molecular formula is C27H36ClN3O4S. The lowest BCUT2D eigenvalue weighted by atomic mass is 9.95. The van der Waals surface area contributed by atoms with Gasteiger partial charge in [-0.05, 0) is 61.6 Å². The van der Waals surface area contributed by atoms with Crippen LogP contribution in [0.1, 0.15) is 56.6 Å². The number of likely N-dealkylation sites (N-methyl/N-ethyl adjacent to an activating group) is 1. The first-order valence-corrected chi connectivity index (χ1v) is 14.3. The summed E-state index contributed by atoms with van der Waals surface area (Å²) in [5, 5.41) is 3.57. The maximum atomic E-state index is 13.6. The van der Waals surface area contributed by atoms with E-state index in [1.807, 2.05) is 38.1 Å². The Balaban J connectivity index is 1.84. The number of nitrogens with zero attached hydrogens (tertiary/aromatic N) is 2. The number of hydrogen-bond donors (Lipinski definition) is 1. The van der Waals surface area contributed by atoms with Crippen molar-refractivity contribution in [3.8, 4) is 0 Å². The smallest absolute Gasteiger partial charge is 0.243 e. The van der Waals surface area contributed by atoms with E-state index in [0.717, 1.165) is 41.1 Å². The van der Waals surface area contributed by atoms with Crippen molar-refractivity contribution < 1.29 is 18.0 Å². The van der Waals surface area contributed by atoms with Gasteiger partial charge in [0.25, 0.3) is 0 Å². The molecule has 9 heteroatoms. The lowest BCUT2D eigenvalue weighted by molar-refractivity contribution is -0.141. The van der Waals surface area contributed by atoms with Crippen LogP contribution < -0.4 is 5.32 Å². The number of hydrogen-bond acceptors (Lipinski definition) is 4. The van der Waals surface area contributed by atoms with Crippen molar-refractivity contribution in [3.05, 3.63) is 64.7 Å². The van der Waals surface area contributed by atoms with Gasteiger partial charge in [-0.1, -0.05) is 62.1 Å². The van der Waals surface area contributed by atoms with Gasteiger partial charge in [-0.2, -0.15) is 4.31 Å². The first-order chi connectivity index (χ1) is 17.1. The highest BCUT2D eigenvalue weighted by molar-refractivity contribution is 7.89. The molecule has 36 heavy (non-hydrogen) atoms. The van der Waals surface area contributed by atoms with E-state index in [0.29, 0.717) is 11.4 Å². The first-order valence-electron chi connectivity index (χ1n) is 12.5. The van der Waals surface area contributed by atoms with Crippen LogP contribution in [0.25, 0.3) is 0 Å². The Hall–Kier alpha value is -2.42. The van der Waals surface area contributed by atoms with E-state index >= 15 is 0 Å². The van der Waals surface area contributed by atoms with Crippen molar-refractivity contribution in [3.63, 3.8) is 0 Å². The molecule has 0 bridgehead atoms. The van der Waals surface area contributed by atoms with Gasteiger partial charge in [0.05, 0.1) is 11.4 Å². The van der Waals surface area contributed by atoms with Gasteiger partial charge < -0.3 is 10.2 Å². The Morgan fingerprint density at radius 1 is 1.06 bits per heavy atom. The van der Waals surface area contributed by atoms with Gasteiger partial charge in [0.1, 0.15) is 6.04 Å². The Kier molecular flexibility index (Phi) is 9.93. The second-order valence-electron chi connectivity index (χ2n) is 9.43. The summed E-state index contributed by atoms with van der Waals surface area (Å²) in [5.41, 5.74) is 1.91. The lowest BCUT2D eigenvalue weighted by Crippen LogP contribution is -2.53. The maximum Gasteiger partial charge on any atom is 0.243 e. The molecule has 0 spiro atoms. The first kappa shape index (κ1) is 28.2. The van der Waals surface area contributed by atoms with Crippen molar-refractivity contribution in [2.75, 3.05) is 13.6 Å².